The van der Waals surface area contributed by atoms with Crippen LogP contribution >= 0.6 is 11.6 Å². The van der Waals surface area contributed by atoms with E-state index < -0.39 is 0 Å². The van der Waals surface area contributed by atoms with Crippen LogP contribution in [-0.2, 0) is 0 Å². The number of benzene rings is 1. The van der Waals surface area contributed by atoms with Gasteiger partial charge in [0.2, 0.25) is 0 Å². The second kappa shape index (κ2) is 5.09. The molecule has 1 saturated carbocycles. The molecule has 1 fully saturated rings. The molecule has 2 heteroatoms. The molecule has 1 aliphatic rings. The number of hydrogen-bond acceptors (Lipinski definition) is 1. The maximum atomic E-state index is 5.99. The Hall–Kier alpha value is -0.690. The molecule has 0 N–H and O–H groups in total. The summed E-state index contributed by atoms with van der Waals surface area (Å²) in [6.07, 6.45) is 4.01. The van der Waals surface area contributed by atoms with Gasteiger partial charge in [-0.25, -0.2) is 0 Å². The van der Waals surface area contributed by atoms with Crippen LogP contribution in [0.2, 0.25) is 5.02 Å². The van der Waals surface area contributed by atoms with E-state index >= 15 is 0 Å². The summed E-state index contributed by atoms with van der Waals surface area (Å²) in [6.45, 7) is 4.62. The van der Waals surface area contributed by atoms with Gasteiger partial charge >= 0.3 is 0 Å². The number of ether oxygens (including phenoxy) is 1. The predicted octanol–water partition coefficient (Wildman–Crippen LogP) is 4.54. The summed E-state index contributed by atoms with van der Waals surface area (Å²) in [4.78, 5) is 0. The zero-order valence-corrected chi connectivity index (χ0v) is 10.7. The first-order chi connectivity index (χ1) is 7.63. The topological polar surface area (TPSA) is 9.23 Å². The number of hydrogen-bond donors (Lipinski definition) is 0. The first-order valence-corrected chi connectivity index (χ1v) is 6.43. The van der Waals surface area contributed by atoms with Gasteiger partial charge in [0, 0.05) is 5.02 Å². The highest BCUT2D eigenvalue weighted by atomic mass is 35.5. The van der Waals surface area contributed by atoms with Crippen LogP contribution in [0.25, 0.3) is 0 Å². The molecule has 1 aromatic rings. The average molecular weight is 239 g/mol. The van der Waals surface area contributed by atoms with E-state index in [1.165, 1.54) is 6.42 Å². The Bertz CT molecular complexity index is 340. The van der Waals surface area contributed by atoms with E-state index in [-0.39, 0.29) is 0 Å². The van der Waals surface area contributed by atoms with Crippen LogP contribution in [0.1, 0.15) is 33.1 Å². The summed E-state index contributed by atoms with van der Waals surface area (Å²) in [6, 6.07) is 7.69. The van der Waals surface area contributed by atoms with Gasteiger partial charge in [0.25, 0.3) is 0 Å². The second-order valence-corrected chi connectivity index (χ2v) is 5.55. The number of halogens is 1. The van der Waals surface area contributed by atoms with Crippen molar-refractivity contribution in [3.05, 3.63) is 29.3 Å². The molecule has 0 spiro atoms. The monoisotopic (exact) mass is 238 g/mol. The van der Waals surface area contributed by atoms with Crippen molar-refractivity contribution in [3.8, 4) is 5.75 Å². The number of rotatable bonds is 2. The largest absolute Gasteiger partial charge is 0.490 e. The Morgan fingerprint density at radius 1 is 1.12 bits per heavy atom. The van der Waals surface area contributed by atoms with Crippen LogP contribution < -0.4 is 4.74 Å². The van der Waals surface area contributed by atoms with Crippen LogP contribution in [0.3, 0.4) is 0 Å². The van der Waals surface area contributed by atoms with Gasteiger partial charge in [-0.15, -0.1) is 0 Å². The normalized spacial score (nSPS) is 30.1. The van der Waals surface area contributed by atoms with Crippen LogP contribution in [0, 0.1) is 11.8 Å². The molecule has 16 heavy (non-hydrogen) atoms. The Kier molecular flexibility index (Phi) is 3.75. The van der Waals surface area contributed by atoms with Crippen molar-refractivity contribution in [2.45, 2.75) is 39.2 Å². The van der Waals surface area contributed by atoms with Gasteiger partial charge in [-0.1, -0.05) is 31.5 Å². The van der Waals surface area contributed by atoms with Gasteiger partial charge in [0.1, 0.15) is 5.75 Å². The molecule has 1 aromatic carbocycles. The minimum atomic E-state index is 0.359. The van der Waals surface area contributed by atoms with E-state index in [0.717, 1.165) is 35.4 Å². The lowest BCUT2D eigenvalue weighted by Crippen LogP contribution is -2.28. The highest BCUT2D eigenvalue weighted by Gasteiger charge is 2.25. The molecule has 1 aliphatic carbocycles. The highest BCUT2D eigenvalue weighted by molar-refractivity contribution is 6.30. The van der Waals surface area contributed by atoms with Crippen LogP contribution in [0.5, 0.6) is 5.75 Å². The first kappa shape index (κ1) is 11.8. The third-order valence-corrected chi connectivity index (χ3v) is 3.47. The van der Waals surface area contributed by atoms with E-state index in [0.29, 0.717) is 6.10 Å². The molecule has 0 heterocycles. The third kappa shape index (κ3) is 3.15. The lowest BCUT2D eigenvalue weighted by Gasteiger charge is -2.31. The molecule has 0 bridgehead atoms. The Balaban J connectivity index is 1.98. The second-order valence-electron chi connectivity index (χ2n) is 5.11. The molecule has 0 amide bonds. The fraction of sp³-hybridized carbons (Fsp3) is 0.571. The van der Waals surface area contributed by atoms with Crippen LogP contribution in [-0.4, -0.2) is 6.10 Å². The maximum Gasteiger partial charge on any atom is 0.121 e. The molecule has 2 unspecified atom stereocenters. The summed E-state index contributed by atoms with van der Waals surface area (Å²) in [7, 11) is 0. The molecular formula is C14H19ClO. The van der Waals surface area contributed by atoms with Gasteiger partial charge in [-0.3, -0.25) is 0 Å². The van der Waals surface area contributed by atoms with Gasteiger partial charge < -0.3 is 4.74 Å². The Morgan fingerprint density at radius 2 is 1.81 bits per heavy atom. The zero-order chi connectivity index (χ0) is 11.5. The SMILES string of the molecule is CC1CC(C)CC(Oc2cccc(Cl)c2)C1. The van der Waals surface area contributed by atoms with Crippen molar-refractivity contribution in [2.75, 3.05) is 0 Å². The minimum Gasteiger partial charge on any atom is -0.490 e. The summed E-state index contributed by atoms with van der Waals surface area (Å²) in [5, 5.41) is 0.745. The summed E-state index contributed by atoms with van der Waals surface area (Å²) >= 11 is 5.94. The zero-order valence-electron chi connectivity index (χ0n) is 9.95. The van der Waals surface area contributed by atoms with E-state index in [1.54, 1.807) is 0 Å². The quantitative estimate of drug-likeness (QED) is 0.735. The fourth-order valence-electron chi connectivity index (χ4n) is 2.70. The average Bonchev–Trinajstić information content (AvgIpc) is 2.15. The molecule has 0 radical (unpaired) electrons. The summed E-state index contributed by atoms with van der Waals surface area (Å²) in [5.74, 6) is 2.44. The smallest absolute Gasteiger partial charge is 0.121 e. The van der Waals surface area contributed by atoms with E-state index in [2.05, 4.69) is 13.8 Å². The molecular weight excluding hydrogens is 220 g/mol. The lowest BCUT2D eigenvalue weighted by atomic mass is 9.82. The maximum absolute atomic E-state index is 5.99. The van der Waals surface area contributed by atoms with Crippen LogP contribution in [0.15, 0.2) is 24.3 Å². The van der Waals surface area contributed by atoms with Crippen molar-refractivity contribution < 1.29 is 4.74 Å². The predicted molar refractivity (Wildman–Crippen MR) is 68.0 cm³/mol. The Labute approximate surface area is 103 Å². The van der Waals surface area contributed by atoms with Gasteiger partial charge in [0.15, 0.2) is 0 Å². The lowest BCUT2D eigenvalue weighted by molar-refractivity contribution is 0.101. The van der Waals surface area contributed by atoms with Crippen LogP contribution in [0.4, 0.5) is 0 Å². The van der Waals surface area contributed by atoms with E-state index in [1.807, 2.05) is 24.3 Å². The first-order valence-electron chi connectivity index (χ1n) is 6.05. The molecule has 0 saturated heterocycles. The Morgan fingerprint density at radius 3 is 2.44 bits per heavy atom. The molecule has 0 aliphatic heterocycles. The van der Waals surface area contributed by atoms with Crippen molar-refractivity contribution in [3.63, 3.8) is 0 Å². The van der Waals surface area contributed by atoms with Gasteiger partial charge in [0.05, 0.1) is 6.10 Å². The minimum absolute atomic E-state index is 0.359. The highest BCUT2D eigenvalue weighted by Crippen LogP contribution is 2.31. The standard InChI is InChI=1S/C14H19ClO/c1-10-6-11(2)8-14(7-10)16-13-5-3-4-12(15)9-13/h3-5,9-11,14H,6-8H2,1-2H3. The summed E-state index contributed by atoms with van der Waals surface area (Å²) < 4.78 is 5.99. The van der Waals surface area contributed by atoms with E-state index in [4.69, 9.17) is 16.3 Å². The van der Waals surface area contributed by atoms with Crippen molar-refractivity contribution in [2.24, 2.45) is 11.8 Å². The molecule has 2 rings (SSSR count). The van der Waals surface area contributed by atoms with Gasteiger partial charge in [-0.2, -0.15) is 0 Å². The molecule has 2 atom stereocenters. The third-order valence-electron chi connectivity index (χ3n) is 3.23. The summed E-state index contributed by atoms with van der Waals surface area (Å²) in [5.41, 5.74) is 0. The van der Waals surface area contributed by atoms with Crippen molar-refractivity contribution in [1.82, 2.24) is 0 Å². The van der Waals surface area contributed by atoms with E-state index in [9.17, 15) is 0 Å². The molecule has 1 nitrogen and oxygen atoms in total. The van der Waals surface area contributed by atoms with Crippen molar-refractivity contribution in [1.29, 1.82) is 0 Å². The molecule has 0 aromatic heterocycles. The van der Waals surface area contributed by atoms with Crippen molar-refractivity contribution >= 4 is 11.6 Å². The fourth-order valence-corrected chi connectivity index (χ4v) is 2.88. The molecule has 88 valence electrons. The van der Waals surface area contributed by atoms with Gasteiger partial charge in [-0.05, 0) is 49.3 Å².